The number of benzene rings is 1. The van der Waals surface area contributed by atoms with Crippen LogP contribution in [-0.4, -0.2) is 29.3 Å². The molecule has 0 fully saturated rings. The minimum atomic E-state index is -4.39. The van der Waals surface area contributed by atoms with Gasteiger partial charge in [0.25, 0.3) is 0 Å². The molecule has 21 heavy (non-hydrogen) atoms. The van der Waals surface area contributed by atoms with Gasteiger partial charge < -0.3 is 15.7 Å². The van der Waals surface area contributed by atoms with Gasteiger partial charge in [-0.25, -0.2) is 9.59 Å². The van der Waals surface area contributed by atoms with Gasteiger partial charge in [0.1, 0.15) is 0 Å². The van der Waals surface area contributed by atoms with Crippen LogP contribution in [0.3, 0.4) is 0 Å². The molecule has 0 aromatic heterocycles. The number of carboxylic acid groups (broad SMARTS) is 1. The van der Waals surface area contributed by atoms with Gasteiger partial charge >= 0.3 is 18.2 Å². The Labute approximate surface area is 126 Å². The molecule has 9 heteroatoms. The minimum absolute atomic E-state index is 0.0198. The molecule has 0 heterocycles. The average Bonchev–Trinajstić information content (AvgIpc) is 2.24. The van der Waals surface area contributed by atoms with Crippen molar-refractivity contribution in [3.05, 3.63) is 28.2 Å². The summed E-state index contributed by atoms with van der Waals surface area (Å²) in [5, 5.41) is 13.3. The number of carboxylic acids is 1. The van der Waals surface area contributed by atoms with Crippen LogP contribution in [0, 0.1) is 0 Å². The smallest absolute Gasteiger partial charge is 0.391 e. The molecule has 1 atom stereocenters. The average molecular weight is 369 g/mol. The van der Waals surface area contributed by atoms with Gasteiger partial charge in [0.05, 0.1) is 17.7 Å². The zero-order valence-corrected chi connectivity index (χ0v) is 12.4. The Morgan fingerprint density at radius 2 is 2.00 bits per heavy atom. The predicted octanol–water partition coefficient (Wildman–Crippen LogP) is 3.61. The van der Waals surface area contributed by atoms with Gasteiger partial charge in [-0.3, -0.25) is 0 Å². The normalized spacial score (nSPS) is 12.6. The summed E-state index contributed by atoms with van der Waals surface area (Å²) < 4.78 is 37.0. The second-order valence-electron chi connectivity index (χ2n) is 4.31. The van der Waals surface area contributed by atoms with Gasteiger partial charge in [0, 0.05) is 10.5 Å². The fraction of sp³-hybridized carbons (Fsp3) is 0.333. The van der Waals surface area contributed by atoms with Crippen molar-refractivity contribution >= 4 is 33.6 Å². The van der Waals surface area contributed by atoms with Crippen LogP contribution in [0.2, 0.25) is 0 Å². The first-order valence-electron chi connectivity index (χ1n) is 5.75. The zero-order valence-electron chi connectivity index (χ0n) is 10.8. The minimum Gasteiger partial charge on any atom is -0.478 e. The van der Waals surface area contributed by atoms with Crippen LogP contribution < -0.4 is 10.6 Å². The summed E-state index contributed by atoms with van der Waals surface area (Å²) in [6.07, 6.45) is -5.57. The molecule has 0 bridgehead atoms. The summed E-state index contributed by atoms with van der Waals surface area (Å²) in [5.74, 6) is -1.26. The molecule has 1 aromatic rings. The Hall–Kier alpha value is -1.77. The summed E-state index contributed by atoms with van der Waals surface area (Å²) in [6.45, 7) is 1.20. The Morgan fingerprint density at radius 1 is 1.38 bits per heavy atom. The highest BCUT2D eigenvalue weighted by Gasteiger charge is 2.30. The van der Waals surface area contributed by atoms with E-state index in [9.17, 15) is 22.8 Å². The number of amides is 2. The monoisotopic (exact) mass is 368 g/mol. The SMILES string of the molecule is CC(CC(F)(F)F)NC(=O)Nc1cc(Br)ccc1C(=O)O. The number of halogens is 4. The maximum Gasteiger partial charge on any atom is 0.391 e. The van der Waals surface area contributed by atoms with Crippen LogP contribution in [0.5, 0.6) is 0 Å². The Morgan fingerprint density at radius 3 is 2.52 bits per heavy atom. The Bertz CT molecular complexity index is 549. The predicted molar refractivity (Wildman–Crippen MR) is 73.4 cm³/mol. The van der Waals surface area contributed by atoms with Gasteiger partial charge in [-0.1, -0.05) is 15.9 Å². The van der Waals surface area contributed by atoms with Gasteiger partial charge in [0.15, 0.2) is 0 Å². The van der Waals surface area contributed by atoms with E-state index in [1.54, 1.807) is 0 Å². The molecule has 2 amide bonds. The van der Waals surface area contributed by atoms with Crippen molar-refractivity contribution in [1.82, 2.24) is 5.32 Å². The summed E-state index contributed by atoms with van der Waals surface area (Å²) >= 11 is 3.11. The molecular formula is C12H12BrF3N2O3. The molecular weight excluding hydrogens is 357 g/mol. The number of aromatic carboxylic acids is 1. The lowest BCUT2D eigenvalue weighted by atomic mass is 10.2. The van der Waals surface area contributed by atoms with Crippen LogP contribution in [0.15, 0.2) is 22.7 Å². The summed E-state index contributed by atoms with van der Waals surface area (Å²) in [6, 6.07) is 2.04. The van der Waals surface area contributed by atoms with E-state index in [1.807, 2.05) is 0 Å². The quantitative estimate of drug-likeness (QED) is 0.759. The van der Waals surface area contributed by atoms with E-state index in [0.717, 1.165) is 0 Å². The summed E-state index contributed by atoms with van der Waals surface area (Å²) in [7, 11) is 0. The molecule has 0 spiro atoms. The second kappa shape index (κ2) is 6.79. The van der Waals surface area contributed by atoms with Crippen LogP contribution in [0.25, 0.3) is 0 Å². The fourth-order valence-electron chi connectivity index (χ4n) is 1.59. The molecule has 0 aliphatic heterocycles. The maximum absolute atomic E-state index is 12.2. The molecule has 1 rings (SSSR count). The first-order valence-corrected chi connectivity index (χ1v) is 6.55. The molecule has 5 nitrogen and oxygen atoms in total. The molecule has 1 unspecified atom stereocenters. The molecule has 1 aromatic carbocycles. The van der Waals surface area contributed by atoms with Gasteiger partial charge in [-0.15, -0.1) is 0 Å². The number of carbonyl (C=O) groups is 2. The second-order valence-corrected chi connectivity index (χ2v) is 5.23. The third-order valence-corrected chi connectivity index (χ3v) is 2.87. The lowest BCUT2D eigenvalue weighted by Gasteiger charge is -2.17. The highest BCUT2D eigenvalue weighted by Crippen LogP contribution is 2.23. The van der Waals surface area contributed by atoms with E-state index in [2.05, 4.69) is 26.6 Å². The fourth-order valence-corrected chi connectivity index (χ4v) is 1.95. The molecule has 0 aliphatic rings. The number of hydrogen-bond donors (Lipinski definition) is 3. The highest BCUT2D eigenvalue weighted by atomic mass is 79.9. The standard InChI is InChI=1S/C12H12BrF3N2O3/c1-6(5-12(14,15)16)17-11(21)18-9-4-7(13)2-3-8(9)10(19)20/h2-4,6H,5H2,1H3,(H,19,20)(H2,17,18,21). The van der Waals surface area contributed by atoms with E-state index in [-0.39, 0.29) is 11.3 Å². The van der Waals surface area contributed by atoms with Crippen LogP contribution in [-0.2, 0) is 0 Å². The van der Waals surface area contributed by atoms with Gasteiger partial charge in [-0.05, 0) is 25.1 Å². The van der Waals surface area contributed by atoms with Crippen molar-refractivity contribution < 1.29 is 27.9 Å². The molecule has 3 N–H and O–H groups in total. The first-order chi connectivity index (χ1) is 9.58. The third-order valence-electron chi connectivity index (χ3n) is 2.38. The maximum atomic E-state index is 12.2. The number of urea groups is 1. The lowest BCUT2D eigenvalue weighted by Crippen LogP contribution is -2.38. The molecule has 0 saturated carbocycles. The number of alkyl halides is 3. The van der Waals surface area contributed by atoms with E-state index in [4.69, 9.17) is 5.11 Å². The number of hydrogen-bond acceptors (Lipinski definition) is 2. The van der Waals surface area contributed by atoms with Crippen LogP contribution in [0.1, 0.15) is 23.7 Å². The molecule has 0 aliphatic carbocycles. The zero-order chi connectivity index (χ0) is 16.2. The molecule has 0 radical (unpaired) electrons. The first kappa shape index (κ1) is 17.3. The number of rotatable bonds is 4. The number of anilines is 1. The van der Waals surface area contributed by atoms with Crippen LogP contribution in [0.4, 0.5) is 23.7 Å². The lowest BCUT2D eigenvalue weighted by molar-refractivity contribution is -0.138. The largest absolute Gasteiger partial charge is 0.478 e. The van der Waals surface area contributed by atoms with Crippen molar-refractivity contribution in [1.29, 1.82) is 0 Å². The van der Waals surface area contributed by atoms with E-state index in [1.165, 1.54) is 25.1 Å². The third kappa shape index (κ3) is 6.03. The Kier molecular flexibility index (Phi) is 5.59. The number of nitrogens with one attached hydrogen (secondary N) is 2. The summed E-state index contributed by atoms with van der Waals surface area (Å²) in [5.41, 5.74) is -0.189. The Balaban J connectivity index is 2.75. The van der Waals surface area contributed by atoms with Crippen molar-refractivity contribution in [2.75, 3.05) is 5.32 Å². The molecule has 116 valence electrons. The van der Waals surface area contributed by atoms with Gasteiger partial charge in [-0.2, -0.15) is 13.2 Å². The molecule has 0 saturated heterocycles. The van der Waals surface area contributed by atoms with E-state index < -0.39 is 30.6 Å². The van der Waals surface area contributed by atoms with E-state index >= 15 is 0 Å². The van der Waals surface area contributed by atoms with Crippen molar-refractivity contribution in [3.8, 4) is 0 Å². The van der Waals surface area contributed by atoms with Gasteiger partial charge in [0.2, 0.25) is 0 Å². The van der Waals surface area contributed by atoms with E-state index in [0.29, 0.717) is 4.47 Å². The van der Waals surface area contributed by atoms with Crippen LogP contribution >= 0.6 is 15.9 Å². The highest BCUT2D eigenvalue weighted by molar-refractivity contribution is 9.10. The van der Waals surface area contributed by atoms with Crippen molar-refractivity contribution in [2.24, 2.45) is 0 Å². The number of carbonyl (C=O) groups excluding carboxylic acids is 1. The topological polar surface area (TPSA) is 78.4 Å². The van der Waals surface area contributed by atoms with Crippen molar-refractivity contribution in [2.45, 2.75) is 25.6 Å². The van der Waals surface area contributed by atoms with Crippen molar-refractivity contribution in [3.63, 3.8) is 0 Å². The summed E-state index contributed by atoms with van der Waals surface area (Å²) in [4.78, 5) is 22.6.